The minimum atomic E-state index is -0.193. The average molecular weight is 379 g/mol. The molecule has 3 heterocycles. The molecule has 1 atom stereocenters. The maximum atomic E-state index is 12.4. The summed E-state index contributed by atoms with van der Waals surface area (Å²) in [5.41, 5.74) is 0.706. The number of aromatic nitrogens is 5. The van der Waals surface area contributed by atoms with Gasteiger partial charge in [0.15, 0.2) is 5.82 Å². The van der Waals surface area contributed by atoms with Gasteiger partial charge in [-0.25, -0.2) is 9.66 Å². The fraction of sp³-hybridized carbons (Fsp3) is 0.500. The molecule has 0 radical (unpaired) electrons. The summed E-state index contributed by atoms with van der Waals surface area (Å²) in [6, 6.07) is 0. The van der Waals surface area contributed by atoms with Crippen molar-refractivity contribution in [1.82, 2.24) is 24.8 Å². The summed E-state index contributed by atoms with van der Waals surface area (Å²) in [6.07, 6.45) is 0. The quantitative estimate of drug-likeness (QED) is 0.536. The second-order valence-corrected chi connectivity index (χ2v) is 9.61. The summed E-state index contributed by atoms with van der Waals surface area (Å²) in [4.78, 5) is 21.9. The van der Waals surface area contributed by atoms with Crippen molar-refractivity contribution >= 4 is 33.3 Å². The van der Waals surface area contributed by atoms with Crippen molar-refractivity contribution in [2.24, 2.45) is 0 Å². The number of fused-ring (bicyclic) bond motifs is 1. The van der Waals surface area contributed by atoms with Crippen LogP contribution in [0.4, 0.5) is 0 Å². The maximum absolute atomic E-state index is 12.4. The molecule has 0 saturated heterocycles. The molecule has 0 aliphatic rings. The van der Waals surface area contributed by atoms with Gasteiger partial charge >= 0.3 is 0 Å². The first-order valence-electron chi connectivity index (χ1n) is 7.97. The van der Waals surface area contributed by atoms with E-state index >= 15 is 0 Å². The Morgan fingerprint density at radius 2 is 1.96 bits per heavy atom. The van der Waals surface area contributed by atoms with Crippen LogP contribution < -0.4 is 11.4 Å². The van der Waals surface area contributed by atoms with Gasteiger partial charge in [-0.05, 0) is 26.3 Å². The van der Waals surface area contributed by atoms with Crippen LogP contribution in [0.1, 0.15) is 55.0 Å². The van der Waals surface area contributed by atoms with Crippen molar-refractivity contribution in [2.45, 2.75) is 57.4 Å². The number of rotatable bonds is 3. The number of nitrogens with one attached hydrogen (secondary N) is 1. The van der Waals surface area contributed by atoms with Gasteiger partial charge < -0.3 is 10.8 Å². The van der Waals surface area contributed by atoms with Crippen LogP contribution in [-0.2, 0) is 5.41 Å². The lowest BCUT2D eigenvalue weighted by atomic mass is 9.96. The van der Waals surface area contributed by atoms with Crippen LogP contribution in [0.2, 0.25) is 0 Å². The van der Waals surface area contributed by atoms with E-state index in [0.29, 0.717) is 22.2 Å². The molecular formula is C16H22N6OS2. The van der Waals surface area contributed by atoms with Crippen LogP contribution in [0.3, 0.4) is 0 Å². The third kappa shape index (κ3) is 3.18. The topological polar surface area (TPSA) is 102 Å². The number of aromatic amines is 1. The molecule has 134 valence electrons. The molecule has 3 aromatic heterocycles. The Bertz CT molecular complexity index is 995. The highest BCUT2D eigenvalue weighted by molar-refractivity contribution is 7.99. The SMILES string of the molecule is Cc1sc2nc([C@H](C)Sc3nnc(C(C)(C)C)n3N)[nH]c(=O)c2c1C. The van der Waals surface area contributed by atoms with Crippen LogP contribution in [0.15, 0.2) is 9.95 Å². The van der Waals surface area contributed by atoms with E-state index in [1.807, 2.05) is 41.5 Å². The van der Waals surface area contributed by atoms with E-state index in [-0.39, 0.29) is 16.2 Å². The van der Waals surface area contributed by atoms with Crippen molar-refractivity contribution in [1.29, 1.82) is 0 Å². The highest BCUT2D eigenvalue weighted by atomic mass is 32.2. The lowest BCUT2D eigenvalue weighted by Crippen LogP contribution is -2.24. The number of hydrogen-bond donors (Lipinski definition) is 2. The molecule has 7 nitrogen and oxygen atoms in total. The maximum Gasteiger partial charge on any atom is 0.259 e. The molecule has 3 rings (SSSR count). The lowest BCUT2D eigenvalue weighted by Gasteiger charge is -2.17. The Morgan fingerprint density at radius 1 is 1.28 bits per heavy atom. The predicted molar refractivity (Wildman–Crippen MR) is 103 cm³/mol. The summed E-state index contributed by atoms with van der Waals surface area (Å²) >= 11 is 2.97. The van der Waals surface area contributed by atoms with Crippen LogP contribution in [0, 0.1) is 13.8 Å². The second kappa shape index (κ2) is 6.14. The fourth-order valence-electron chi connectivity index (χ4n) is 2.55. The van der Waals surface area contributed by atoms with Crippen molar-refractivity contribution in [3.63, 3.8) is 0 Å². The number of nitrogens with zero attached hydrogens (tertiary/aromatic N) is 4. The number of aryl methyl sites for hydroxylation is 2. The predicted octanol–water partition coefficient (Wildman–Crippen LogP) is 3.06. The Labute approximate surface area is 154 Å². The van der Waals surface area contributed by atoms with Gasteiger partial charge in [0, 0.05) is 10.3 Å². The van der Waals surface area contributed by atoms with Crippen LogP contribution >= 0.6 is 23.1 Å². The molecule has 0 amide bonds. The van der Waals surface area contributed by atoms with Gasteiger partial charge in [0.25, 0.3) is 5.56 Å². The molecule has 0 bridgehead atoms. The van der Waals surface area contributed by atoms with E-state index in [1.54, 1.807) is 11.3 Å². The summed E-state index contributed by atoms with van der Waals surface area (Å²) in [6.45, 7) is 12.0. The smallest absolute Gasteiger partial charge is 0.259 e. The van der Waals surface area contributed by atoms with Crippen molar-refractivity contribution in [2.75, 3.05) is 5.84 Å². The van der Waals surface area contributed by atoms with E-state index in [4.69, 9.17) is 5.84 Å². The van der Waals surface area contributed by atoms with Crippen LogP contribution in [-0.4, -0.2) is 24.8 Å². The number of H-pyrrole nitrogens is 1. The normalized spacial score (nSPS) is 13.5. The van der Waals surface area contributed by atoms with Gasteiger partial charge in [-0.15, -0.1) is 21.5 Å². The molecule has 3 N–H and O–H groups in total. The van der Waals surface area contributed by atoms with Gasteiger partial charge in [-0.1, -0.05) is 32.5 Å². The molecule has 3 aromatic rings. The highest BCUT2D eigenvalue weighted by Gasteiger charge is 2.25. The first kappa shape index (κ1) is 17.9. The van der Waals surface area contributed by atoms with Gasteiger partial charge in [-0.3, -0.25) is 4.79 Å². The molecule has 0 aromatic carbocycles. The Kier molecular flexibility index (Phi) is 4.40. The molecule has 0 unspecified atom stereocenters. The summed E-state index contributed by atoms with van der Waals surface area (Å²) in [7, 11) is 0. The number of nitrogen functional groups attached to an aromatic ring is 1. The molecule has 25 heavy (non-hydrogen) atoms. The molecule has 0 aliphatic carbocycles. The number of thiophene rings is 1. The summed E-state index contributed by atoms with van der Waals surface area (Å²) < 4.78 is 1.51. The van der Waals surface area contributed by atoms with Gasteiger partial charge in [0.05, 0.1) is 10.6 Å². The molecule has 0 saturated carbocycles. The highest BCUT2D eigenvalue weighted by Crippen LogP contribution is 2.34. The Morgan fingerprint density at radius 3 is 2.56 bits per heavy atom. The zero-order valence-electron chi connectivity index (χ0n) is 15.2. The number of hydrogen-bond acceptors (Lipinski definition) is 7. The third-order valence-corrected chi connectivity index (χ3v) is 6.23. The van der Waals surface area contributed by atoms with Crippen LogP contribution in [0.5, 0.6) is 0 Å². The lowest BCUT2D eigenvalue weighted by molar-refractivity contribution is 0.523. The monoisotopic (exact) mass is 378 g/mol. The van der Waals surface area contributed by atoms with E-state index in [0.717, 1.165) is 15.3 Å². The zero-order valence-corrected chi connectivity index (χ0v) is 16.8. The van der Waals surface area contributed by atoms with E-state index in [2.05, 4.69) is 20.2 Å². The van der Waals surface area contributed by atoms with Crippen molar-refractivity contribution in [3.8, 4) is 0 Å². The van der Waals surface area contributed by atoms with Gasteiger partial charge in [-0.2, -0.15) is 0 Å². The fourth-order valence-corrected chi connectivity index (χ4v) is 4.41. The second-order valence-electron chi connectivity index (χ2n) is 7.10. The standard InChI is InChI=1S/C16H22N6OS2/c1-7-8(2)24-13-10(7)12(23)18-11(19-13)9(3)25-15-21-20-14(22(15)17)16(4,5)6/h9H,17H2,1-6H3,(H,18,19,23)/t9-/m0/s1. The van der Waals surface area contributed by atoms with E-state index in [1.165, 1.54) is 16.4 Å². The molecule has 0 fully saturated rings. The summed E-state index contributed by atoms with van der Waals surface area (Å²) in [5, 5.41) is 9.54. The van der Waals surface area contributed by atoms with Gasteiger partial charge in [0.1, 0.15) is 10.7 Å². The first-order chi connectivity index (χ1) is 11.6. The molecule has 9 heteroatoms. The van der Waals surface area contributed by atoms with Crippen LogP contribution in [0.25, 0.3) is 10.2 Å². The summed E-state index contributed by atoms with van der Waals surface area (Å²) in [5.74, 6) is 7.47. The minimum Gasteiger partial charge on any atom is -0.336 e. The molecule has 0 aliphatic heterocycles. The third-order valence-electron chi connectivity index (χ3n) is 4.06. The number of thioether (sulfide) groups is 1. The van der Waals surface area contributed by atoms with E-state index < -0.39 is 0 Å². The first-order valence-corrected chi connectivity index (χ1v) is 9.66. The Balaban J connectivity index is 1.94. The minimum absolute atomic E-state index is 0.0982. The average Bonchev–Trinajstić information content (AvgIpc) is 3.00. The van der Waals surface area contributed by atoms with E-state index in [9.17, 15) is 4.79 Å². The molecule has 0 spiro atoms. The van der Waals surface area contributed by atoms with Crippen molar-refractivity contribution < 1.29 is 0 Å². The largest absolute Gasteiger partial charge is 0.336 e. The molecular weight excluding hydrogens is 356 g/mol. The number of nitrogens with two attached hydrogens (primary N) is 1. The van der Waals surface area contributed by atoms with Crippen molar-refractivity contribution in [3.05, 3.63) is 32.4 Å². The zero-order chi connectivity index (χ0) is 18.5. The Hall–Kier alpha value is -1.87. The van der Waals surface area contributed by atoms with Gasteiger partial charge in [0.2, 0.25) is 5.16 Å².